The Bertz CT molecular complexity index is 3090. The van der Waals surface area contributed by atoms with E-state index in [1.54, 1.807) is 48.3 Å². The number of benzene rings is 2. The summed E-state index contributed by atoms with van der Waals surface area (Å²) in [5, 5.41) is 24.7. The van der Waals surface area contributed by atoms with Gasteiger partial charge in [-0.1, -0.05) is 12.2 Å². The standard InChI is InChI=1S/C48H56N12O10/c1-6-59-36(20-29(3)55-59)38(62)27-52-47-53-35-22-31(28-61)23-39(68-17-10-16-67-5)43(35)58(47)15-9-8-14-57-42-33(34-26-51-45(54-46(34)57)37-21-30(4)56-60(37)7-2)24-32(44(49)65)25-40(42)69-18-11-19-70-48(66)50-13-12-41(63)64/h8-9,20-26,28H,6-7,10-19,27H2,1-5H3,(H2,49,65)(H,50,66)(H,52,53)(H,63,64)/b9-8+. The molecule has 0 fully saturated rings. The van der Waals surface area contributed by atoms with Crippen LogP contribution in [-0.4, -0.2) is 125 Å². The lowest BCUT2D eigenvalue weighted by Crippen LogP contribution is -2.27. The van der Waals surface area contributed by atoms with Gasteiger partial charge in [-0.25, -0.2) is 19.7 Å². The second kappa shape index (κ2) is 22.8. The number of allylic oxidation sites excluding steroid dienone is 2. The molecule has 5 aromatic heterocycles. The second-order valence-electron chi connectivity index (χ2n) is 16.2. The van der Waals surface area contributed by atoms with E-state index in [0.29, 0.717) is 106 Å². The average molecular weight is 961 g/mol. The van der Waals surface area contributed by atoms with Crippen molar-refractivity contribution in [2.45, 2.75) is 73.1 Å². The van der Waals surface area contributed by atoms with Crippen molar-refractivity contribution in [1.29, 1.82) is 0 Å². The third-order valence-corrected chi connectivity index (χ3v) is 11.1. The van der Waals surface area contributed by atoms with E-state index in [1.807, 2.05) is 59.7 Å². The van der Waals surface area contributed by atoms with Crippen LogP contribution in [0.1, 0.15) is 75.7 Å². The zero-order chi connectivity index (χ0) is 49.9. The molecule has 70 heavy (non-hydrogen) atoms. The topological polar surface area (TPSA) is 277 Å². The maximum Gasteiger partial charge on any atom is 0.407 e. The van der Waals surface area contributed by atoms with Crippen molar-refractivity contribution in [2.24, 2.45) is 5.73 Å². The fourth-order valence-corrected chi connectivity index (χ4v) is 7.96. The monoisotopic (exact) mass is 960 g/mol. The van der Waals surface area contributed by atoms with E-state index in [-0.39, 0.29) is 63.6 Å². The number of ether oxygens (including phenoxy) is 4. The molecular formula is C48H56N12O10. The number of hydrogen-bond acceptors (Lipinski definition) is 15. The summed E-state index contributed by atoms with van der Waals surface area (Å²) in [4.78, 5) is 76.0. The minimum absolute atomic E-state index is 0.0317. The molecule has 368 valence electrons. The highest BCUT2D eigenvalue weighted by molar-refractivity contribution is 6.11. The number of fused-ring (bicyclic) bond motifs is 4. The first-order chi connectivity index (χ1) is 33.8. The van der Waals surface area contributed by atoms with Gasteiger partial charge < -0.3 is 49.6 Å². The Morgan fingerprint density at radius 2 is 1.51 bits per heavy atom. The van der Waals surface area contributed by atoms with Crippen molar-refractivity contribution in [3.63, 3.8) is 0 Å². The first kappa shape index (κ1) is 49.8. The van der Waals surface area contributed by atoms with Gasteiger partial charge in [0.15, 0.2) is 11.6 Å². The summed E-state index contributed by atoms with van der Waals surface area (Å²) in [7, 11) is 1.61. The Hall–Kier alpha value is -8.14. The first-order valence-electron chi connectivity index (χ1n) is 22.8. The van der Waals surface area contributed by atoms with E-state index in [2.05, 4.69) is 20.8 Å². The van der Waals surface area contributed by atoms with Crippen molar-refractivity contribution >= 4 is 69.0 Å². The summed E-state index contributed by atoms with van der Waals surface area (Å²) in [5.74, 6) is -0.372. The highest BCUT2D eigenvalue weighted by Gasteiger charge is 2.23. The fraction of sp³-hybridized carbons (Fsp3) is 0.375. The maximum atomic E-state index is 13.6. The van der Waals surface area contributed by atoms with Gasteiger partial charge in [0.2, 0.25) is 11.9 Å². The molecule has 0 aliphatic carbocycles. The number of alkyl carbamates (subject to hydrolysis) is 1. The highest BCUT2D eigenvalue weighted by atomic mass is 16.5. The van der Waals surface area contributed by atoms with Gasteiger partial charge in [0.25, 0.3) is 0 Å². The number of imidazole rings is 1. The SMILES string of the molecule is CCn1nc(C)cc1C(=O)CNc1nc2cc(C=O)cc(OCCCOC)c2n1C/C=C/Cn1c2nc(-c3cc(C)nn3CC)ncc2c2cc(C(N)=O)cc(OCCCOC(=O)NCCC(=O)O)c21. The summed E-state index contributed by atoms with van der Waals surface area (Å²) in [6.07, 6.45) is 6.14. The lowest BCUT2D eigenvalue weighted by Gasteiger charge is -2.13. The van der Waals surface area contributed by atoms with Crippen molar-refractivity contribution in [3.8, 4) is 23.0 Å². The van der Waals surface area contributed by atoms with Crippen molar-refractivity contribution in [3.05, 3.63) is 83.0 Å². The van der Waals surface area contributed by atoms with E-state index < -0.39 is 18.0 Å². The predicted molar refractivity (Wildman–Crippen MR) is 259 cm³/mol. The van der Waals surface area contributed by atoms with Gasteiger partial charge in [-0.2, -0.15) is 10.2 Å². The van der Waals surface area contributed by atoms with Crippen LogP contribution in [0.25, 0.3) is 44.5 Å². The zero-order valence-electron chi connectivity index (χ0n) is 39.7. The number of amides is 2. The van der Waals surface area contributed by atoms with Crippen LogP contribution in [0.4, 0.5) is 10.7 Å². The van der Waals surface area contributed by atoms with Gasteiger partial charge in [0.1, 0.15) is 40.3 Å². The van der Waals surface area contributed by atoms with Gasteiger partial charge in [0, 0.05) is 87.4 Å². The van der Waals surface area contributed by atoms with Gasteiger partial charge in [-0.15, -0.1) is 0 Å². The molecule has 7 aromatic rings. The summed E-state index contributed by atoms with van der Waals surface area (Å²) in [6.45, 7) is 9.83. The number of Topliss-reactive ketones (excluding diaryl/α,β-unsaturated/α-hetero) is 1. The quantitative estimate of drug-likeness (QED) is 0.0226. The summed E-state index contributed by atoms with van der Waals surface area (Å²) >= 11 is 0. The molecule has 2 amide bonds. The van der Waals surface area contributed by atoms with Crippen LogP contribution in [-0.2, 0) is 40.4 Å². The molecule has 0 spiro atoms. The molecule has 5 heterocycles. The number of carbonyl (C=O) groups is 5. The molecule has 0 radical (unpaired) electrons. The number of nitrogens with zero attached hydrogens (tertiary/aromatic N) is 9. The third-order valence-electron chi connectivity index (χ3n) is 11.1. The number of rotatable bonds is 26. The highest BCUT2D eigenvalue weighted by Crippen LogP contribution is 2.37. The molecule has 0 bridgehead atoms. The number of ketones is 1. The number of nitrogens with one attached hydrogen (secondary N) is 2. The molecule has 7 rings (SSSR count). The smallest absolute Gasteiger partial charge is 0.407 e. The normalized spacial score (nSPS) is 11.5. The van der Waals surface area contributed by atoms with Gasteiger partial charge in [-0.05, 0) is 64.1 Å². The average Bonchev–Trinajstić information content (AvgIpc) is 4.11. The first-order valence-corrected chi connectivity index (χ1v) is 22.8. The molecule has 2 aromatic carbocycles. The molecule has 0 saturated carbocycles. The largest absolute Gasteiger partial charge is 0.491 e. The maximum absolute atomic E-state index is 13.6. The summed E-state index contributed by atoms with van der Waals surface area (Å²) < 4.78 is 30.3. The van der Waals surface area contributed by atoms with Gasteiger partial charge in [0.05, 0.1) is 55.2 Å². The molecule has 22 nitrogen and oxygen atoms in total. The number of carbonyl (C=O) groups excluding carboxylic acids is 4. The van der Waals surface area contributed by atoms with Crippen molar-refractivity contribution in [1.82, 2.24) is 49.0 Å². The van der Waals surface area contributed by atoms with Gasteiger partial charge in [-0.3, -0.25) is 28.5 Å². The molecule has 0 atom stereocenters. The molecule has 0 saturated heterocycles. The summed E-state index contributed by atoms with van der Waals surface area (Å²) in [5.41, 5.74) is 11.3. The molecule has 0 unspecified atom stereocenters. The third kappa shape index (κ3) is 11.4. The van der Waals surface area contributed by atoms with E-state index in [4.69, 9.17) is 44.7 Å². The molecule has 0 aliphatic rings. The molecule has 5 N–H and O–H groups in total. The minimum atomic E-state index is -1.05. The van der Waals surface area contributed by atoms with E-state index >= 15 is 0 Å². The van der Waals surface area contributed by atoms with Crippen LogP contribution in [0.5, 0.6) is 11.5 Å². The van der Waals surface area contributed by atoms with Crippen LogP contribution in [0.3, 0.4) is 0 Å². The number of aromatic nitrogens is 9. The Kier molecular flexibility index (Phi) is 16.2. The van der Waals surface area contributed by atoms with E-state index in [1.165, 1.54) is 0 Å². The number of anilines is 1. The molecular weight excluding hydrogens is 905 g/mol. The number of primary amides is 1. The number of aryl methyl sites for hydroxylation is 4. The van der Waals surface area contributed by atoms with Crippen molar-refractivity contribution < 1.29 is 48.0 Å². The summed E-state index contributed by atoms with van der Waals surface area (Å²) in [6, 6.07) is 10.2. The molecule has 0 aliphatic heterocycles. The Morgan fingerprint density at radius 1 is 0.814 bits per heavy atom. The Morgan fingerprint density at radius 3 is 2.21 bits per heavy atom. The number of carboxylic acids is 1. The van der Waals surface area contributed by atoms with Crippen LogP contribution >= 0.6 is 0 Å². The number of carboxylic acid groups (broad SMARTS) is 1. The van der Waals surface area contributed by atoms with Gasteiger partial charge >= 0.3 is 12.1 Å². The number of aldehydes is 1. The number of nitrogens with two attached hydrogens (primary N) is 1. The van der Waals surface area contributed by atoms with Crippen LogP contribution in [0, 0.1) is 13.8 Å². The van der Waals surface area contributed by atoms with Crippen LogP contribution in [0.15, 0.2) is 54.7 Å². The number of hydrogen-bond donors (Lipinski definition) is 4. The van der Waals surface area contributed by atoms with Crippen LogP contribution in [0.2, 0.25) is 0 Å². The fourth-order valence-electron chi connectivity index (χ4n) is 7.96. The lowest BCUT2D eigenvalue weighted by atomic mass is 10.1. The van der Waals surface area contributed by atoms with Crippen LogP contribution < -0.4 is 25.8 Å². The molecule has 22 heteroatoms. The number of aliphatic carboxylic acids is 1. The Labute approximate surface area is 401 Å². The zero-order valence-corrected chi connectivity index (χ0v) is 39.7. The van der Waals surface area contributed by atoms with Crippen molar-refractivity contribution in [2.75, 3.05) is 51.9 Å². The second-order valence-corrected chi connectivity index (χ2v) is 16.2. The Balaban J connectivity index is 1.26. The van der Waals surface area contributed by atoms with E-state index in [0.717, 1.165) is 17.7 Å². The number of methoxy groups -OCH3 is 1. The van der Waals surface area contributed by atoms with E-state index in [9.17, 15) is 24.0 Å². The minimum Gasteiger partial charge on any atom is -0.491 e. The predicted octanol–water partition coefficient (Wildman–Crippen LogP) is 5.50. The lowest BCUT2D eigenvalue weighted by molar-refractivity contribution is -0.136.